The summed E-state index contributed by atoms with van der Waals surface area (Å²) in [6.45, 7) is 3.03. The highest BCUT2D eigenvalue weighted by Gasteiger charge is 2.31. The Morgan fingerprint density at radius 3 is 2.65 bits per heavy atom. The largest absolute Gasteiger partial charge is 0.368 e. The molecule has 2 fully saturated rings. The van der Waals surface area contributed by atoms with E-state index in [0.717, 1.165) is 53.2 Å². The van der Waals surface area contributed by atoms with Gasteiger partial charge in [-0.25, -0.2) is 0 Å². The number of hydrogen-bond acceptors (Lipinski definition) is 6. The molecule has 9 heteroatoms. The average Bonchev–Trinajstić information content (AvgIpc) is 3.57. The minimum Gasteiger partial charge on any atom is -0.368 e. The van der Waals surface area contributed by atoms with Crippen molar-refractivity contribution < 1.29 is 4.79 Å². The van der Waals surface area contributed by atoms with Crippen LogP contribution in [0.3, 0.4) is 0 Å². The van der Waals surface area contributed by atoms with Crippen LogP contribution in [-0.4, -0.2) is 62.5 Å². The third kappa shape index (κ3) is 4.55. The van der Waals surface area contributed by atoms with Gasteiger partial charge in [-0.3, -0.25) is 14.3 Å². The van der Waals surface area contributed by atoms with Crippen LogP contribution < -0.4 is 4.90 Å². The van der Waals surface area contributed by atoms with Gasteiger partial charge in [-0.15, -0.1) is 10.2 Å². The van der Waals surface area contributed by atoms with Crippen molar-refractivity contribution in [1.82, 2.24) is 24.6 Å². The molecule has 1 amide bonds. The molecule has 0 unspecified atom stereocenters. The van der Waals surface area contributed by atoms with Gasteiger partial charge in [-0.1, -0.05) is 29.4 Å². The number of anilines is 1. The fourth-order valence-corrected chi connectivity index (χ4v) is 4.93. The number of piperazine rings is 1. The minimum atomic E-state index is 0.143. The number of halogens is 1. The monoisotopic (exact) mass is 454 g/mol. The quantitative estimate of drug-likeness (QED) is 0.528. The molecular formula is C22H23ClN6OS. The fraction of sp³-hybridized carbons (Fsp3) is 0.364. The molecule has 0 bridgehead atoms. The van der Waals surface area contributed by atoms with Gasteiger partial charge in [0.05, 0.1) is 5.75 Å². The Labute approximate surface area is 190 Å². The van der Waals surface area contributed by atoms with Gasteiger partial charge in [0.1, 0.15) is 0 Å². The maximum atomic E-state index is 12.8. The number of pyridine rings is 1. The van der Waals surface area contributed by atoms with Crippen LogP contribution in [0.4, 0.5) is 5.69 Å². The molecule has 0 spiro atoms. The van der Waals surface area contributed by atoms with E-state index in [1.54, 1.807) is 6.20 Å². The van der Waals surface area contributed by atoms with E-state index in [1.165, 1.54) is 11.8 Å². The molecule has 2 aliphatic rings. The summed E-state index contributed by atoms with van der Waals surface area (Å²) in [5.74, 6) is 1.35. The first-order valence-electron chi connectivity index (χ1n) is 10.5. The summed E-state index contributed by atoms with van der Waals surface area (Å²) in [6.07, 6.45) is 5.81. The van der Waals surface area contributed by atoms with Gasteiger partial charge in [0.25, 0.3) is 0 Å². The van der Waals surface area contributed by atoms with Crippen molar-refractivity contribution in [2.24, 2.45) is 0 Å². The number of rotatable bonds is 6. The highest BCUT2D eigenvalue weighted by atomic mass is 35.5. The molecule has 160 valence electrons. The number of amides is 1. The smallest absolute Gasteiger partial charge is 0.233 e. The van der Waals surface area contributed by atoms with Gasteiger partial charge in [0.15, 0.2) is 11.0 Å². The van der Waals surface area contributed by atoms with Crippen LogP contribution in [0, 0.1) is 0 Å². The SMILES string of the molecule is O=C(CSc1nnc(-c2cccnc2)n1C1CC1)N1CCN(c2cccc(Cl)c2)CC1. The Hall–Kier alpha value is -2.58. The predicted molar refractivity (Wildman–Crippen MR) is 122 cm³/mol. The Kier molecular flexibility index (Phi) is 5.82. The van der Waals surface area contributed by atoms with E-state index in [2.05, 4.69) is 30.7 Å². The molecule has 0 radical (unpaired) electrons. The summed E-state index contributed by atoms with van der Waals surface area (Å²) in [7, 11) is 0. The van der Waals surface area contributed by atoms with E-state index in [0.29, 0.717) is 24.9 Å². The molecular weight excluding hydrogens is 432 g/mol. The van der Waals surface area contributed by atoms with Crippen molar-refractivity contribution in [2.45, 2.75) is 24.0 Å². The molecule has 1 aromatic carbocycles. The lowest BCUT2D eigenvalue weighted by atomic mass is 10.2. The summed E-state index contributed by atoms with van der Waals surface area (Å²) in [4.78, 5) is 21.2. The summed E-state index contributed by atoms with van der Waals surface area (Å²) in [5, 5.41) is 10.3. The van der Waals surface area contributed by atoms with Crippen molar-refractivity contribution >= 4 is 35.0 Å². The molecule has 0 N–H and O–H groups in total. The minimum absolute atomic E-state index is 0.143. The molecule has 2 aromatic heterocycles. The molecule has 3 aromatic rings. The van der Waals surface area contributed by atoms with Crippen molar-refractivity contribution in [1.29, 1.82) is 0 Å². The first-order chi connectivity index (χ1) is 15.2. The Balaban J connectivity index is 1.20. The van der Waals surface area contributed by atoms with Crippen molar-refractivity contribution in [2.75, 3.05) is 36.8 Å². The highest BCUT2D eigenvalue weighted by Crippen LogP contribution is 2.41. The molecule has 1 aliphatic heterocycles. The Morgan fingerprint density at radius 1 is 1.10 bits per heavy atom. The lowest BCUT2D eigenvalue weighted by Gasteiger charge is -2.36. The standard InChI is InChI=1S/C22H23ClN6OS/c23-17-4-1-5-19(13-17)27-9-11-28(12-10-27)20(30)15-31-22-26-25-21(29(22)18-6-7-18)16-3-2-8-24-14-16/h1-5,8,13-14,18H,6-7,9-12,15H2. The first kappa shape index (κ1) is 20.3. The zero-order valence-corrected chi connectivity index (χ0v) is 18.6. The summed E-state index contributed by atoms with van der Waals surface area (Å²) >= 11 is 7.59. The fourth-order valence-electron chi connectivity index (χ4n) is 3.83. The number of thioether (sulfide) groups is 1. The number of nitrogens with zero attached hydrogens (tertiary/aromatic N) is 6. The van der Waals surface area contributed by atoms with Gasteiger partial charge >= 0.3 is 0 Å². The average molecular weight is 455 g/mol. The van der Waals surface area contributed by atoms with Crippen molar-refractivity contribution in [3.63, 3.8) is 0 Å². The molecule has 31 heavy (non-hydrogen) atoms. The maximum Gasteiger partial charge on any atom is 0.233 e. The normalized spacial score (nSPS) is 16.5. The first-order valence-corrected chi connectivity index (χ1v) is 11.8. The van der Waals surface area contributed by atoms with Crippen LogP contribution in [-0.2, 0) is 4.79 Å². The number of benzene rings is 1. The summed E-state index contributed by atoms with van der Waals surface area (Å²) in [6, 6.07) is 12.2. The maximum absolute atomic E-state index is 12.8. The predicted octanol–water partition coefficient (Wildman–Crippen LogP) is 3.77. The molecule has 7 nitrogen and oxygen atoms in total. The summed E-state index contributed by atoms with van der Waals surface area (Å²) in [5.41, 5.74) is 2.06. The second kappa shape index (κ2) is 8.88. The van der Waals surface area contributed by atoms with Gasteiger partial charge < -0.3 is 9.80 Å². The lowest BCUT2D eigenvalue weighted by Crippen LogP contribution is -2.49. The Bertz CT molecular complexity index is 1060. The molecule has 1 aliphatic carbocycles. The molecule has 5 rings (SSSR count). The second-order valence-corrected chi connectivity index (χ2v) is 9.16. The lowest BCUT2D eigenvalue weighted by molar-refractivity contribution is -0.128. The van der Waals surface area contributed by atoms with Gasteiger partial charge in [-0.05, 0) is 43.2 Å². The highest BCUT2D eigenvalue weighted by molar-refractivity contribution is 7.99. The van der Waals surface area contributed by atoms with E-state index in [4.69, 9.17) is 11.6 Å². The Morgan fingerprint density at radius 2 is 1.94 bits per heavy atom. The number of hydrogen-bond donors (Lipinski definition) is 0. The van der Waals surface area contributed by atoms with Crippen molar-refractivity contribution in [3.8, 4) is 11.4 Å². The molecule has 0 atom stereocenters. The van der Waals surface area contributed by atoms with E-state index in [9.17, 15) is 4.79 Å². The zero-order valence-electron chi connectivity index (χ0n) is 17.0. The van der Waals surface area contributed by atoms with Crippen molar-refractivity contribution in [3.05, 3.63) is 53.8 Å². The van der Waals surface area contributed by atoms with Crippen LogP contribution in [0.15, 0.2) is 53.9 Å². The number of aromatic nitrogens is 4. The van der Waals surface area contributed by atoms with E-state index < -0.39 is 0 Å². The molecule has 1 saturated heterocycles. The van der Waals surface area contributed by atoms with Gasteiger partial charge in [0.2, 0.25) is 5.91 Å². The van der Waals surface area contributed by atoms with Crippen LogP contribution in [0.1, 0.15) is 18.9 Å². The van der Waals surface area contributed by atoms with Gasteiger partial charge in [0, 0.05) is 60.9 Å². The van der Waals surface area contributed by atoms with E-state index >= 15 is 0 Å². The van der Waals surface area contributed by atoms with Crippen LogP contribution >= 0.6 is 23.4 Å². The number of carbonyl (C=O) groups excluding carboxylic acids is 1. The van der Waals surface area contributed by atoms with Crippen LogP contribution in [0.2, 0.25) is 5.02 Å². The molecule has 3 heterocycles. The summed E-state index contributed by atoms with van der Waals surface area (Å²) < 4.78 is 2.17. The zero-order chi connectivity index (χ0) is 21.2. The van der Waals surface area contributed by atoms with E-state index in [-0.39, 0.29) is 5.91 Å². The second-order valence-electron chi connectivity index (χ2n) is 7.79. The molecule has 1 saturated carbocycles. The number of carbonyl (C=O) groups is 1. The van der Waals surface area contributed by atoms with Crippen LogP contribution in [0.5, 0.6) is 0 Å². The van der Waals surface area contributed by atoms with Gasteiger partial charge in [-0.2, -0.15) is 0 Å². The third-order valence-corrected chi connectivity index (χ3v) is 6.79. The van der Waals surface area contributed by atoms with Crippen LogP contribution in [0.25, 0.3) is 11.4 Å². The topological polar surface area (TPSA) is 67.2 Å². The van der Waals surface area contributed by atoms with E-state index in [1.807, 2.05) is 41.4 Å². The third-order valence-electron chi connectivity index (χ3n) is 5.63.